The van der Waals surface area contributed by atoms with Crippen LogP contribution in [0.1, 0.15) is 107 Å². The average molecular weight is 429 g/mol. The molecule has 0 spiro atoms. The van der Waals surface area contributed by atoms with Crippen LogP contribution < -0.4 is 0 Å². The summed E-state index contributed by atoms with van der Waals surface area (Å²) in [5.41, 5.74) is 11.4. The van der Waals surface area contributed by atoms with Gasteiger partial charge in [0.15, 0.2) is 0 Å². The lowest BCUT2D eigenvalue weighted by atomic mass is 9.79. The summed E-state index contributed by atoms with van der Waals surface area (Å²) in [6.07, 6.45) is 0. The highest BCUT2D eigenvalue weighted by molar-refractivity contribution is 5.84. The molecular formula is C31H40O. The summed E-state index contributed by atoms with van der Waals surface area (Å²) in [6, 6.07) is 19.9. The zero-order chi connectivity index (χ0) is 23.6. The maximum Gasteiger partial charge on any atom is 0.0693 e. The first-order valence-electron chi connectivity index (χ1n) is 12.2. The first kappa shape index (κ1) is 24.3. The van der Waals surface area contributed by atoms with Crippen molar-refractivity contribution in [1.29, 1.82) is 0 Å². The Kier molecular flexibility index (Phi) is 7.62. The Bertz CT molecular complexity index is 936. The van der Waals surface area contributed by atoms with Gasteiger partial charge >= 0.3 is 0 Å². The third kappa shape index (κ3) is 4.55. The highest BCUT2D eigenvalue weighted by Gasteiger charge is 2.23. The largest absolute Gasteiger partial charge is 0.392 e. The van der Waals surface area contributed by atoms with Crippen molar-refractivity contribution in [2.75, 3.05) is 0 Å². The second-order valence-electron chi connectivity index (χ2n) is 10.2. The fraction of sp³-hybridized carbons (Fsp3) is 0.419. The van der Waals surface area contributed by atoms with Crippen molar-refractivity contribution in [1.82, 2.24) is 0 Å². The summed E-state index contributed by atoms with van der Waals surface area (Å²) in [4.78, 5) is 0. The van der Waals surface area contributed by atoms with E-state index in [1.54, 1.807) is 0 Å². The van der Waals surface area contributed by atoms with Gasteiger partial charge in [0, 0.05) is 0 Å². The molecule has 170 valence electrons. The molecule has 0 bridgehead atoms. The third-order valence-corrected chi connectivity index (χ3v) is 6.62. The van der Waals surface area contributed by atoms with Gasteiger partial charge in [-0.2, -0.15) is 0 Å². The molecule has 0 heterocycles. The van der Waals surface area contributed by atoms with E-state index in [0.29, 0.717) is 23.7 Å². The Hall–Kier alpha value is -2.38. The Balaban J connectivity index is 2.43. The number of aliphatic hydroxyl groups excluding tert-OH is 1. The molecule has 0 fully saturated rings. The van der Waals surface area contributed by atoms with Gasteiger partial charge in [0.05, 0.1) is 6.61 Å². The Morgan fingerprint density at radius 3 is 1.03 bits per heavy atom. The van der Waals surface area contributed by atoms with Crippen LogP contribution in [-0.2, 0) is 6.61 Å². The zero-order valence-electron chi connectivity index (χ0n) is 21.2. The van der Waals surface area contributed by atoms with Gasteiger partial charge in [-0.3, -0.25) is 0 Å². The first-order valence-corrected chi connectivity index (χ1v) is 12.2. The maximum atomic E-state index is 10.7. The van der Waals surface area contributed by atoms with Crippen LogP contribution in [0.5, 0.6) is 0 Å². The molecule has 0 aliphatic heterocycles. The number of aliphatic hydroxyl groups is 1. The van der Waals surface area contributed by atoms with Gasteiger partial charge < -0.3 is 5.11 Å². The molecular weight excluding hydrogens is 388 g/mol. The molecule has 3 rings (SSSR count). The van der Waals surface area contributed by atoms with Crippen LogP contribution in [0, 0.1) is 0 Å². The molecule has 0 radical (unpaired) electrons. The van der Waals surface area contributed by atoms with E-state index in [1.165, 1.54) is 44.5 Å². The third-order valence-electron chi connectivity index (χ3n) is 6.62. The Labute approximate surface area is 195 Å². The molecule has 0 aliphatic rings. The molecule has 0 aliphatic carbocycles. The van der Waals surface area contributed by atoms with Gasteiger partial charge in [-0.1, -0.05) is 110 Å². The quantitative estimate of drug-likeness (QED) is 0.398. The maximum absolute atomic E-state index is 10.7. The molecule has 0 saturated heterocycles. The Morgan fingerprint density at radius 1 is 0.500 bits per heavy atom. The summed E-state index contributed by atoms with van der Waals surface area (Å²) in [6.45, 7) is 18.1. The molecule has 0 saturated carbocycles. The van der Waals surface area contributed by atoms with E-state index in [1.807, 2.05) is 0 Å². The molecule has 1 N–H and O–H groups in total. The summed E-state index contributed by atoms with van der Waals surface area (Å²) in [5.74, 6) is 1.64. The smallest absolute Gasteiger partial charge is 0.0693 e. The van der Waals surface area contributed by atoms with Crippen LogP contribution in [0.15, 0.2) is 54.6 Å². The number of rotatable bonds is 7. The zero-order valence-corrected chi connectivity index (χ0v) is 21.2. The van der Waals surface area contributed by atoms with Crippen molar-refractivity contribution in [3.63, 3.8) is 0 Å². The SMILES string of the molecule is CC(C)c1cccc(C(C)C)c1-c1cccc(-c2c(C(C)C)cccc2C(C)C)c1CO. The van der Waals surface area contributed by atoms with E-state index in [9.17, 15) is 5.11 Å². The highest BCUT2D eigenvalue weighted by atomic mass is 16.3. The minimum Gasteiger partial charge on any atom is -0.392 e. The van der Waals surface area contributed by atoms with E-state index in [-0.39, 0.29) is 6.61 Å². The molecule has 0 atom stereocenters. The number of benzene rings is 3. The molecule has 3 aromatic rings. The molecule has 3 aromatic carbocycles. The van der Waals surface area contributed by atoms with Crippen molar-refractivity contribution in [2.24, 2.45) is 0 Å². The van der Waals surface area contributed by atoms with Gasteiger partial charge in [0.2, 0.25) is 0 Å². The topological polar surface area (TPSA) is 20.2 Å². The lowest BCUT2D eigenvalue weighted by molar-refractivity contribution is 0.283. The first-order chi connectivity index (χ1) is 15.2. The van der Waals surface area contributed by atoms with Crippen molar-refractivity contribution < 1.29 is 5.11 Å². The Morgan fingerprint density at radius 2 is 0.781 bits per heavy atom. The van der Waals surface area contributed by atoms with E-state index >= 15 is 0 Å². The predicted molar refractivity (Wildman–Crippen MR) is 140 cm³/mol. The fourth-order valence-corrected chi connectivity index (χ4v) is 4.95. The van der Waals surface area contributed by atoms with Crippen LogP contribution in [0.4, 0.5) is 0 Å². The van der Waals surface area contributed by atoms with Crippen LogP contribution in [0.2, 0.25) is 0 Å². The van der Waals surface area contributed by atoms with E-state index < -0.39 is 0 Å². The lowest BCUT2D eigenvalue weighted by Crippen LogP contribution is -2.05. The minimum absolute atomic E-state index is 0.0272. The summed E-state index contributed by atoms with van der Waals surface area (Å²) < 4.78 is 0. The van der Waals surface area contributed by atoms with Crippen LogP contribution in [0.3, 0.4) is 0 Å². The van der Waals surface area contributed by atoms with Gasteiger partial charge in [0.25, 0.3) is 0 Å². The number of hydrogen-bond donors (Lipinski definition) is 1. The van der Waals surface area contributed by atoms with E-state index in [2.05, 4.69) is 110 Å². The van der Waals surface area contributed by atoms with E-state index in [4.69, 9.17) is 0 Å². The van der Waals surface area contributed by atoms with Crippen molar-refractivity contribution in [2.45, 2.75) is 85.7 Å². The van der Waals surface area contributed by atoms with Crippen LogP contribution in [-0.4, -0.2) is 5.11 Å². The fourth-order valence-electron chi connectivity index (χ4n) is 4.95. The molecule has 0 unspecified atom stereocenters. The molecule has 0 aromatic heterocycles. The second-order valence-corrected chi connectivity index (χ2v) is 10.2. The van der Waals surface area contributed by atoms with Gasteiger partial charge in [0.1, 0.15) is 0 Å². The van der Waals surface area contributed by atoms with E-state index in [0.717, 1.165) is 5.56 Å². The van der Waals surface area contributed by atoms with Crippen LogP contribution >= 0.6 is 0 Å². The van der Waals surface area contributed by atoms with Crippen molar-refractivity contribution in [3.05, 3.63) is 82.4 Å². The monoisotopic (exact) mass is 428 g/mol. The molecule has 1 nitrogen and oxygen atoms in total. The van der Waals surface area contributed by atoms with Crippen molar-refractivity contribution >= 4 is 0 Å². The normalized spacial score (nSPS) is 11.9. The summed E-state index contributed by atoms with van der Waals surface area (Å²) in [5, 5.41) is 10.7. The predicted octanol–water partition coefficient (Wildman–Crippen LogP) is 9.01. The highest BCUT2D eigenvalue weighted by Crippen LogP contribution is 2.43. The lowest BCUT2D eigenvalue weighted by Gasteiger charge is -2.25. The number of hydrogen-bond acceptors (Lipinski definition) is 1. The summed E-state index contributed by atoms with van der Waals surface area (Å²) in [7, 11) is 0. The minimum atomic E-state index is 0.0272. The standard InChI is InChI=1S/C31H40O/c1-19(2)23-12-9-13-24(20(3)4)30(23)27-16-11-17-28(29(27)18-32)31-25(21(5)6)14-10-15-26(31)22(7)8/h9-17,19-22,32H,18H2,1-8H3. The molecule has 0 amide bonds. The van der Waals surface area contributed by atoms with Gasteiger partial charge in [-0.15, -0.1) is 0 Å². The van der Waals surface area contributed by atoms with Gasteiger partial charge in [-0.25, -0.2) is 0 Å². The molecule has 32 heavy (non-hydrogen) atoms. The molecule has 1 heteroatoms. The second kappa shape index (κ2) is 10.0. The summed E-state index contributed by atoms with van der Waals surface area (Å²) >= 11 is 0. The van der Waals surface area contributed by atoms with Crippen LogP contribution in [0.25, 0.3) is 22.3 Å². The van der Waals surface area contributed by atoms with Crippen molar-refractivity contribution in [3.8, 4) is 22.3 Å². The average Bonchev–Trinajstić information content (AvgIpc) is 2.77. The van der Waals surface area contributed by atoms with Gasteiger partial charge in [-0.05, 0) is 73.7 Å².